The predicted molar refractivity (Wildman–Crippen MR) is 63.8 cm³/mol. The van der Waals surface area contributed by atoms with Gasteiger partial charge in [0.2, 0.25) is 0 Å². The summed E-state index contributed by atoms with van der Waals surface area (Å²) < 4.78 is 26.9. The van der Waals surface area contributed by atoms with Crippen molar-refractivity contribution in [3.8, 4) is 11.1 Å². The fraction of sp³-hybridized carbons (Fsp3) is 0.0769. The number of halogens is 2. The molecule has 0 radical (unpaired) electrons. The molecule has 2 aromatic rings. The number of carboxylic acids is 1. The smallest absolute Gasteiger partial charge is 0.307 e. The lowest BCUT2D eigenvalue weighted by molar-refractivity contribution is -0.136. The van der Waals surface area contributed by atoms with Gasteiger partial charge < -0.3 is 10.1 Å². The van der Waals surface area contributed by atoms with Crippen molar-refractivity contribution in [2.45, 2.75) is 6.42 Å². The summed E-state index contributed by atoms with van der Waals surface area (Å²) in [5, 5.41) is 8.77. The van der Waals surface area contributed by atoms with E-state index in [1.54, 1.807) is 0 Å². The van der Waals surface area contributed by atoms with Crippen LogP contribution in [-0.4, -0.2) is 16.1 Å². The third kappa shape index (κ3) is 2.52. The van der Waals surface area contributed by atoms with Gasteiger partial charge in [0.25, 0.3) is 5.56 Å². The summed E-state index contributed by atoms with van der Waals surface area (Å²) in [6, 6.07) is 4.76. The molecule has 19 heavy (non-hydrogen) atoms. The van der Waals surface area contributed by atoms with Crippen LogP contribution in [0.25, 0.3) is 11.1 Å². The fourth-order valence-corrected chi connectivity index (χ4v) is 1.82. The van der Waals surface area contributed by atoms with E-state index in [1.807, 2.05) is 0 Å². The Kier molecular flexibility index (Phi) is 3.41. The number of benzene rings is 1. The first kappa shape index (κ1) is 12.9. The van der Waals surface area contributed by atoms with Crippen molar-refractivity contribution >= 4 is 5.97 Å². The number of carboxylic acid groups (broad SMARTS) is 1. The maximum atomic E-state index is 13.7. The first-order valence-electron chi connectivity index (χ1n) is 5.37. The van der Waals surface area contributed by atoms with Crippen LogP contribution >= 0.6 is 0 Å². The van der Waals surface area contributed by atoms with Gasteiger partial charge in [-0.3, -0.25) is 9.59 Å². The van der Waals surface area contributed by atoms with Crippen molar-refractivity contribution in [2.75, 3.05) is 0 Å². The summed E-state index contributed by atoms with van der Waals surface area (Å²) in [4.78, 5) is 24.8. The van der Waals surface area contributed by atoms with E-state index >= 15 is 0 Å². The van der Waals surface area contributed by atoms with E-state index in [-0.39, 0.29) is 16.7 Å². The molecule has 1 heterocycles. The lowest BCUT2D eigenvalue weighted by Gasteiger charge is -2.08. The van der Waals surface area contributed by atoms with Crippen LogP contribution < -0.4 is 5.56 Å². The SMILES string of the molecule is O=C(O)Cc1cc[nH]c(=O)c1-c1cccc(F)c1F. The number of H-pyrrole nitrogens is 1. The van der Waals surface area contributed by atoms with Crippen LogP contribution in [0.3, 0.4) is 0 Å². The molecule has 98 valence electrons. The second kappa shape index (κ2) is 5.01. The number of aliphatic carboxylic acids is 1. The normalized spacial score (nSPS) is 10.4. The number of pyridine rings is 1. The Morgan fingerprint density at radius 3 is 2.68 bits per heavy atom. The number of rotatable bonds is 3. The van der Waals surface area contributed by atoms with Gasteiger partial charge in [-0.1, -0.05) is 12.1 Å². The van der Waals surface area contributed by atoms with Crippen molar-refractivity contribution in [3.63, 3.8) is 0 Å². The molecule has 0 saturated carbocycles. The molecule has 0 aliphatic heterocycles. The van der Waals surface area contributed by atoms with E-state index in [0.717, 1.165) is 6.07 Å². The molecule has 0 spiro atoms. The summed E-state index contributed by atoms with van der Waals surface area (Å²) in [5.74, 6) is -3.43. The molecule has 0 saturated heterocycles. The zero-order valence-electron chi connectivity index (χ0n) is 9.61. The molecule has 0 aliphatic rings. The molecule has 0 amide bonds. The molecule has 0 atom stereocenters. The highest BCUT2D eigenvalue weighted by Gasteiger charge is 2.17. The molecular formula is C13H9F2NO3. The molecule has 4 nitrogen and oxygen atoms in total. The van der Waals surface area contributed by atoms with Gasteiger partial charge in [-0.2, -0.15) is 0 Å². The van der Waals surface area contributed by atoms with Gasteiger partial charge in [0.15, 0.2) is 11.6 Å². The number of aromatic amines is 1. The Bertz CT molecular complexity index is 695. The summed E-state index contributed by atoms with van der Waals surface area (Å²) in [6.45, 7) is 0. The minimum atomic E-state index is -1.18. The highest BCUT2D eigenvalue weighted by atomic mass is 19.2. The number of nitrogens with one attached hydrogen (secondary N) is 1. The number of carbonyl (C=O) groups is 1. The van der Waals surface area contributed by atoms with Crippen molar-refractivity contribution in [3.05, 3.63) is 58.0 Å². The summed E-state index contributed by atoms with van der Waals surface area (Å²) in [6.07, 6.45) is 0.816. The molecule has 2 rings (SSSR count). The summed E-state index contributed by atoms with van der Waals surface area (Å²) >= 11 is 0. The zero-order valence-corrected chi connectivity index (χ0v) is 9.61. The molecule has 0 fully saturated rings. The van der Waals surface area contributed by atoms with Gasteiger partial charge in [0, 0.05) is 11.8 Å². The van der Waals surface area contributed by atoms with Crippen LogP contribution in [0.1, 0.15) is 5.56 Å². The minimum absolute atomic E-state index is 0.126. The van der Waals surface area contributed by atoms with E-state index in [9.17, 15) is 18.4 Å². The molecule has 1 aromatic carbocycles. The van der Waals surface area contributed by atoms with Gasteiger partial charge in [0.05, 0.1) is 12.0 Å². The summed E-state index contributed by atoms with van der Waals surface area (Å²) in [5.41, 5.74) is -0.955. The fourth-order valence-electron chi connectivity index (χ4n) is 1.82. The van der Waals surface area contributed by atoms with Gasteiger partial charge >= 0.3 is 5.97 Å². The quantitative estimate of drug-likeness (QED) is 0.891. The molecule has 1 aromatic heterocycles. The third-order valence-corrected chi connectivity index (χ3v) is 2.61. The second-order valence-electron chi connectivity index (χ2n) is 3.88. The van der Waals surface area contributed by atoms with E-state index in [1.165, 1.54) is 24.4 Å². The first-order chi connectivity index (χ1) is 9.00. The predicted octanol–water partition coefficient (Wildman–Crippen LogP) is 1.95. The van der Waals surface area contributed by atoms with E-state index in [4.69, 9.17) is 5.11 Å². The average Bonchev–Trinajstić information content (AvgIpc) is 2.33. The van der Waals surface area contributed by atoms with Crippen LogP contribution in [0, 0.1) is 11.6 Å². The van der Waals surface area contributed by atoms with E-state index in [2.05, 4.69) is 4.98 Å². The molecule has 0 bridgehead atoms. The zero-order chi connectivity index (χ0) is 14.0. The highest BCUT2D eigenvalue weighted by molar-refractivity contribution is 5.76. The summed E-state index contributed by atoms with van der Waals surface area (Å²) in [7, 11) is 0. The minimum Gasteiger partial charge on any atom is -0.481 e. The van der Waals surface area contributed by atoms with Gasteiger partial charge in [0.1, 0.15) is 0 Å². The molecule has 0 aliphatic carbocycles. The topological polar surface area (TPSA) is 70.2 Å². The lowest BCUT2D eigenvalue weighted by atomic mass is 9.99. The van der Waals surface area contributed by atoms with Crippen LogP contribution in [0.2, 0.25) is 0 Å². The third-order valence-electron chi connectivity index (χ3n) is 2.61. The second-order valence-corrected chi connectivity index (χ2v) is 3.88. The highest BCUT2D eigenvalue weighted by Crippen LogP contribution is 2.24. The lowest BCUT2D eigenvalue weighted by Crippen LogP contribution is -2.14. The first-order valence-corrected chi connectivity index (χ1v) is 5.37. The number of aromatic nitrogens is 1. The van der Waals surface area contributed by atoms with E-state index in [0.29, 0.717) is 0 Å². The molecule has 2 N–H and O–H groups in total. The molecular weight excluding hydrogens is 256 g/mol. The van der Waals surface area contributed by atoms with Crippen LogP contribution in [0.5, 0.6) is 0 Å². The Hall–Kier alpha value is -2.50. The van der Waals surface area contributed by atoms with Crippen molar-refractivity contribution in [1.82, 2.24) is 4.98 Å². The number of hydrogen-bond acceptors (Lipinski definition) is 2. The van der Waals surface area contributed by atoms with Gasteiger partial charge in [-0.15, -0.1) is 0 Å². The molecule has 6 heteroatoms. The maximum absolute atomic E-state index is 13.7. The maximum Gasteiger partial charge on any atom is 0.307 e. The van der Waals surface area contributed by atoms with Crippen LogP contribution in [0.15, 0.2) is 35.3 Å². The Morgan fingerprint density at radius 2 is 2.00 bits per heavy atom. The van der Waals surface area contributed by atoms with Crippen molar-refractivity contribution in [1.29, 1.82) is 0 Å². The Labute approximate surface area is 106 Å². The van der Waals surface area contributed by atoms with Crippen molar-refractivity contribution < 1.29 is 18.7 Å². The van der Waals surface area contributed by atoms with Crippen LogP contribution in [-0.2, 0) is 11.2 Å². The van der Waals surface area contributed by atoms with Gasteiger partial charge in [-0.25, -0.2) is 8.78 Å². The Balaban J connectivity index is 2.70. The average molecular weight is 265 g/mol. The van der Waals surface area contributed by atoms with Crippen molar-refractivity contribution in [2.24, 2.45) is 0 Å². The standard InChI is InChI=1S/C13H9F2NO3/c14-9-3-1-2-8(12(9)15)11-7(6-10(17)18)4-5-16-13(11)19/h1-5H,6H2,(H,16,19)(H,17,18). The molecule has 0 unspecified atom stereocenters. The number of hydrogen-bond donors (Lipinski definition) is 2. The Morgan fingerprint density at radius 1 is 1.26 bits per heavy atom. The monoisotopic (exact) mass is 265 g/mol. The van der Waals surface area contributed by atoms with E-state index < -0.39 is 29.6 Å². The van der Waals surface area contributed by atoms with Gasteiger partial charge in [-0.05, 0) is 17.7 Å². The largest absolute Gasteiger partial charge is 0.481 e. The van der Waals surface area contributed by atoms with Crippen LogP contribution in [0.4, 0.5) is 8.78 Å².